The second-order valence-electron chi connectivity index (χ2n) is 23.3. The highest BCUT2D eigenvalue weighted by molar-refractivity contribution is 6.30. The van der Waals surface area contributed by atoms with Crippen LogP contribution in [0.3, 0.4) is 0 Å². The zero-order valence-corrected chi connectivity index (χ0v) is 50.3. The van der Waals surface area contributed by atoms with Crippen LogP contribution in [-0.2, 0) is 35.5 Å². The molecule has 12 rings (SSSR count). The topological polar surface area (TPSA) is 173 Å². The Balaban J connectivity index is 0.000000188. The van der Waals surface area contributed by atoms with Crippen molar-refractivity contribution in [3.05, 3.63) is 222 Å². The molecule has 2 atom stereocenters. The maximum atomic E-state index is 15.6. The van der Waals surface area contributed by atoms with Crippen LogP contribution in [0.5, 0.6) is 11.8 Å². The predicted octanol–water partition coefficient (Wildman–Crippen LogP) is 15.8. The maximum absolute atomic E-state index is 15.6. The third-order valence-electron chi connectivity index (χ3n) is 16.0. The van der Waals surface area contributed by atoms with Gasteiger partial charge in [0.2, 0.25) is 0 Å². The number of carboxylic acids is 2. The van der Waals surface area contributed by atoms with Crippen LogP contribution in [0.1, 0.15) is 94.4 Å². The molecule has 2 aliphatic heterocycles. The molecule has 0 saturated carbocycles. The number of fused-ring (bicyclic) bond motifs is 2. The van der Waals surface area contributed by atoms with E-state index in [1.165, 1.54) is 36.4 Å². The number of carbonyl (C=O) groups is 2. The summed E-state index contributed by atoms with van der Waals surface area (Å²) >= 11 is 11.5. The summed E-state index contributed by atoms with van der Waals surface area (Å²) in [5.74, 6) is -11.8. The zero-order chi connectivity index (χ0) is 65.8. The average Bonchev–Trinajstić information content (AvgIpc) is 1.60. The van der Waals surface area contributed by atoms with Crippen LogP contribution in [0.25, 0.3) is 44.6 Å². The minimum absolute atomic E-state index is 0.0789. The highest BCUT2D eigenvalue weighted by atomic mass is 35.5. The highest BCUT2D eigenvalue weighted by Gasteiger charge is 2.41. The van der Waals surface area contributed by atoms with E-state index >= 15 is 26.3 Å². The van der Waals surface area contributed by atoms with Crippen molar-refractivity contribution < 1.29 is 82.7 Å². The molecule has 2 N–H and O–H groups in total. The molecule has 0 amide bonds. The molecule has 2 aliphatic rings. The summed E-state index contributed by atoms with van der Waals surface area (Å²) in [6.45, 7) is 8.05. The Morgan fingerprint density at radius 2 is 0.859 bits per heavy atom. The van der Waals surface area contributed by atoms with Crippen LogP contribution in [0.2, 0.25) is 10.0 Å². The molecular weight excluding hydrogens is 1270 g/mol. The standard InChI is InChI=1S/2C33H25ClF5N3O4/c2*1-33(2)15-45-14-28(33)42-27-9-18(32(43)44)8-25(39)30(27)41-29(42)10-17-7-24(38)20(12-23(17)37)26-6-5-21(35)31(40-26)46-13-16-3-4-19(34)11-22(16)36/h2*3-9,11-12,28H,10,13-15H2,1-2H3,(H,43,44). The Labute approximate surface area is 526 Å². The number of hydrogen-bond acceptors (Lipinski definition) is 10. The SMILES string of the molecule is CC1(C)COCC1n1c(Cc2cc(F)c(-c3ccc(F)c(OCc4ccc(Cl)cc4F)n3)cc2F)nc2c(F)cc(C(=O)O)cc21.CC1(C)COCC1n1c(Cc2cc(F)c(-c3ccc(F)c(OCc4ccc(Cl)cc4F)n3)cc2F)nc2c(F)cc(C(=O)O)cc21. The van der Waals surface area contributed by atoms with E-state index < -0.39 is 118 Å². The lowest BCUT2D eigenvalue weighted by molar-refractivity contribution is 0.0686. The number of nitrogens with zero attached hydrogens (tertiary/aromatic N) is 6. The van der Waals surface area contributed by atoms with Crippen molar-refractivity contribution in [2.24, 2.45) is 10.8 Å². The first-order valence-electron chi connectivity index (χ1n) is 28.1. The van der Waals surface area contributed by atoms with Gasteiger partial charge in [-0.15, -0.1) is 0 Å². The molecule has 6 aromatic carbocycles. The van der Waals surface area contributed by atoms with Gasteiger partial charge in [-0.2, -0.15) is 0 Å². The average molecular weight is 1320 g/mol. The third kappa shape index (κ3) is 13.1. The number of benzene rings is 6. The van der Waals surface area contributed by atoms with Crippen LogP contribution in [-0.4, -0.2) is 77.6 Å². The quantitative estimate of drug-likeness (QED) is 0.0878. The molecule has 0 bridgehead atoms. The number of rotatable bonds is 16. The summed E-state index contributed by atoms with van der Waals surface area (Å²) < 4.78 is 175. The molecule has 0 spiro atoms. The van der Waals surface area contributed by atoms with E-state index in [1.807, 2.05) is 27.7 Å². The summed E-state index contributed by atoms with van der Waals surface area (Å²) in [6.07, 6.45) is -0.548. The molecule has 0 radical (unpaired) electrons. The lowest BCUT2D eigenvalue weighted by atomic mass is 9.87. The van der Waals surface area contributed by atoms with E-state index in [-0.39, 0.29) is 126 Å². The second kappa shape index (κ2) is 25.5. The Bertz CT molecular complexity index is 4320. The van der Waals surface area contributed by atoms with Crippen molar-refractivity contribution in [2.45, 2.75) is 65.8 Å². The molecule has 0 aliphatic carbocycles. The van der Waals surface area contributed by atoms with Crippen LogP contribution >= 0.6 is 23.2 Å². The van der Waals surface area contributed by atoms with Crippen molar-refractivity contribution >= 4 is 57.2 Å². The van der Waals surface area contributed by atoms with Crippen LogP contribution in [0.4, 0.5) is 43.9 Å². The summed E-state index contributed by atoms with van der Waals surface area (Å²) in [6, 6.07) is 19.1. The number of pyridine rings is 2. The fraction of sp³-hybridized carbons (Fsp3) is 0.242. The minimum atomic E-state index is -1.33. The van der Waals surface area contributed by atoms with Gasteiger partial charge in [0.15, 0.2) is 23.3 Å². The zero-order valence-electron chi connectivity index (χ0n) is 48.8. The number of aromatic carboxylic acids is 2. The van der Waals surface area contributed by atoms with Gasteiger partial charge in [0.05, 0.1) is 72.1 Å². The Morgan fingerprint density at radius 3 is 1.21 bits per heavy atom. The van der Waals surface area contributed by atoms with Gasteiger partial charge in [-0.3, -0.25) is 0 Å². The van der Waals surface area contributed by atoms with Gasteiger partial charge < -0.3 is 38.3 Å². The normalized spacial score (nSPS) is 15.9. The first-order valence-corrected chi connectivity index (χ1v) is 28.9. The third-order valence-corrected chi connectivity index (χ3v) is 16.4. The molecule has 6 heterocycles. The van der Waals surface area contributed by atoms with E-state index in [1.54, 1.807) is 9.13 Å². The van der Waals surface area contributed by atoms with Crippen LogP contribution in [0.15, 0.2) is 109 Å². The van der Waals surface area contributed by atoms with E-state index in [0.29, 0.717) is 13.2 Å². The predicted molar refractivity (Wildman–Crippen MR) is 317 cm³/mol. The van der Waals surface area contributed by atoms with E-state index in [4.69, 9.17) is 42.1 Å². The first kappa shape index (κ1) is 64.4. The lowest BCUT2D eigenvalue weighted by Crippen LogP contribution is -2.27. The largest absolute Gasteiger partial charge is 0.478 e. The van der Waals surface area contributed by atoms with Crippen LogP contribution < -0.4 is 9.47 Å². The summed E-state index contributed by atoms with van der Waals surface area (Å²) in [4.78, 5) is 40.1. The fourth-order valence-corrected chi connectivity index (χ4v) is 11.4. The number of imidazole rings is 2. The number of ether oxygens (including phenoxy) is 4. The first-order chi connectivity index (χ1) is 43.6. The summed E-state index contributed by atoms with van der Waals surface area (Å²) in [5.41, 5.74) is -2.31. The van der Waals surface area contributed by atoms with E-state index in [2.05, 4.69) is 19.9 Å². The number of carboxylic acid groups (broad SMARTS) is 2. The number of halogens is 12. The molecule has 92 heavy (non-hydrogen) atoms. The summed E-state index contributed by atoms with van der Waals surface area (Å²) in [7, 11) is 0. The Morgan fingerprint density at radius 1 is 0.478 bits per heavy atom. The molecule has 4 aromatic heterocycles. The van der Waals surface area contributed by atoms with Gasteiger partial charge in [-0.05, 0) is 108 Å². The molecule has 2 saturated heterocycles. The van der Waals surface area contributed by atoms with Gasteiger partial charge in [-0.25, -0.2) is 73.4 Å². The molecule has 26 heteroatoms. The van der Waals surface area contributed by atoms with Crippen molar-refractivity contribution in [2.75, 3.05) is 26.4 Å². The van der Waals surface area contributed by atoms with E-state index in [9.17, 15) is 37.4 Å². The highest BCUT2D eigenvalue weighted by Crippen LogP contribution is 2.43. The number of aromatic nitrogens is 6. The second-order valence-corrected chi connectivity index (χ2v) is 24.2. The number of hydrogen-bond donors (Lipinski definition) is 2. The molecule has 2 unspecified atom stereocenters. The van der Waals surface area contributed by atoms with E-state index in [0.717, 1.165) is 72.8 Å². The minimum Gasteiger partial charge on any atom is -0.478 e. The Kier molecular flexibility index (Phi) is 17.9. The molecule has 476 valence electrons. The van der Waals surface area contributed by atoms with Crippen LogP contribution in [0, 0.1) is 69.0 Å². The lowest BCUT2D eigenvalue weighted by Gasteiger charge is -2.28. The van der Waals surface area contributed by atoms with Gasteiger partial charge in [0, 0.05) is 56.0 Å². The smallest absolute Gasteiger partial charge is 0.335 e. The molecule has 14 nitrogen and oxygen atoms in total. The molecule has 10 aromatic rings. The molecular formula is C66H50Cl2F10N6O8. The summed E-state index contributed by atoms with van der Waals surface area (Å²) in [5, 5.41) is 19.4. The van der Waals surface area contributed by atoms with Gasteiger partial charge >= 0.3 is 11.9 Å². The van der Waals surface area contributed by atoms with Crippen molar-refractivity contribution in [3.63, 3.8) is 0 Å². The van der Waals surface area contributed by atoms with Gasteiger partial charge in [0.1, 0.15) is 70.8 Å². The monoisotopic (exact) mass is 1310 g/mol. The van der Waals surface area contributed by atoms with Gasteiger partial charge in [-0.1, -0.05) is 63.0 Å². The maximum Gasteiger partial charge on any atom is 0.335 e. The van der Waals surface area contributed by atoms with Crippen molar-refractivity contribution in [1.82, 2.24) is 29.1 Å². The van der Waals surface area contributed by atoms with Gasteiger partial charge in [0.25, 0.3) is 11.8 Å². The molecule has 2 fully saturated rings. The Hall–Kier alpha value is -9.10. The fourth-order valence-electron chi connectivity index (χ4n) is 11.1. The van der Waals surface area contributed by atoms with Crippen molar-refractivity contribution in [3.8, 4) is 34.3 Å². The van der Waals surface area contributed by atoms with Crippen molar-refractivity contribution in [1.29, 1.82) is 0 Å².